The van der Waals surface area contributed by atoms with Gasteiger partial charge < -0.3 is 4.74 Å². The van der Waals surface area contributed by atoms with E-state index in [2.05, 4.69) is 10.3 Å². The summed E-state index contributed by atoms with van der Waals surface area (Å²) in [7, 11) is 1.65. The second-order valence-corrected chi connectivity index (χ2v) is 3.30. The second kappa shape index (κ2) is 4.23. The number of benzene rings is 1. The van der Waals surface area contributed by atoms with Crippen molar-refractivity contribution < 1.29 is 4.74 Å². The fourth-order valence-corrected chi connectivity index (χ4v) is 1.44. The van der Waals surface area contributed by atoms with E-state index in [0.29, 0.717) is 6.61 Å². The van der Waals surface area contributed by atoms with Crippen LogP contribution in [0.25, 0.3) is 5.69 Å². The first kappa shape index (κ1) is 9.86. The van der Waals surface area contributed by atoms with Crippen LogP contribution in [0.1, 0.15) is 11.4 Å². The molecule has 78 valence electrons. The fourth-order valence-electron chi connectivity index (χ4n) is 1.44. The molecular formula is C11H13N3O. The monoisotopic (exact) mass is 203 g/mol. The van der Waals surface area contributed by atoms with E-state index in [0.717, 1.165) is 17.1 Å². The topological polar surface area (TPSA) is 39.9 Å². The first-order valence-electron chi connectivity index (χ1n) is 4.78. The highest BCUT2D eigenvalue weighted by Gasteiger charge is 2.08. The van der Waals surface area contributed by atoms with Crippen LogP contribution in [-0.4, -0.2) is 22.1 Å². The van der Waals surface area contributed by atoms with Crippen LogP contribution < -0.4 is 0 Å². The standard InChI is InChI=1S/C11H13N3O/c1-9-11(8-15-2)12-13-14(9)10-6-4-3-5-7-10/h3-7H,8H2,1-2H3. The summed E-state index contributed by atoms with van der Waals surface area (Å²) in [5.41, 5.74) is 2.91. The van der Waals surface area contributed by atoms with Gasteiger partial charge in [0.1, 0.15) is 5.69 Å². The molecule has 0 aliphatic rings. The zero-order valence-corrected chi connectivity index (χ0v) is 8.84. The Morgan fingerprint density at radius 2 is 2.00 bits per heavy atom. The number of aromatic nitrogens is 3. The fraction of sp³-hybridized carbons (Fsp3) is 0.273. The van der Waals surface area contributed by atoms with Gasteiger partial charge in [0.05, 0.1) is 18.0 Å². The summed E-state index contributed by atoms with van der Waals surface area (Å²) in [6.07, 6.45) is 0. The number of para-hydroxylation sites is 1. The Morgan fingerprint density at radius 3 is 2.67 bits per heavy atom. The van der Waals surface area contributed by atoms with Crippen LogP contribution in [0.2, 0.25) is 0 Å². The molecule has 2 aromatic rings. The van der Waals surface area contributed by atoms with Crippen molar-refractivity contribution in [3.05, 3.63) is 41.7 Å². The molecule has 0 radical (unpaired) electrons. The number of hydrogen-bond donors (Lipinski definition) is 0. The highest BCUT2D eigenvalue weighted by Crippen LogP contribution is 2.11. The van der Waals surface area contributed by atoms with Crippen molar-refractivity contribution in [1.82, 2.24) is 15.0 Å². The Labute approximate surface area is 88.5 Å². The van der Waals surface area contributed by atoms with Crippen LogP contribution >= 0.6 is 0 Å². The van der Waals surface area contributed by atoms with Gasteiger partial charge in [-0.15, -0.1) is 5.10 Å². The quantitative estimate of drug-likeness (QED) is 0.762. The Hall–Kier alpha value is -1.68. The lowest BCUT2D eigenvalue weighted by Crippen LogP contribution is -1.99. The molecule has 0 bridgehead atoms. The maximum Gasteiger partial charge on any atom is 0.112 e. The van der Waals surface area contributed by atoms with E-state index in [1.54, 1.807) is 7.11 Å². The average molecular weight is 203 g/mol. The summed E-state index contributed by atoms with van der Waals surface area (Å²) in [5, 5.41) is 8.16. The molecule has 4 heteroatoms. The third kappa shape index (κ3) is 1.89. The summed E-state index contributed by atoms with van der Waals surface area (Å²) in [4.78, 5) is 0. The van der Waals surface area contributed by atoms with Gasteiger partial charge in [0.25, 0.3) is 0 Å². The lowest BCUT2D eigenvalue weighted by molar-refractivity contribution is 0.181. The summed E-state index contributed by atoms with van der Waals surface area (Å²) < 4.78 is 6.86. The second-order valence-electron chi connectivity index (χ2n) is 3.30. The van der Waals surface area contributed by atoms with Gasteiger partial charge in [0.15, 0.2) is 0 Å². The maximum atomic E-state index is 5.04. The molecule has 0 atom stereocenters. The molecule has 0 spiro atoms. The molecule has 0 unspecified atom stereocenters. The predicted molar refractivity (Wildman–Crippen MR) is 56.8 cm³/mol. The molecule has 4 nitrogen and oxygen atoms in total. The van der Waals surface area contributed by atoms with Gasteiger partial charge in [-0.2, -0.15) is 0 Å². The predicted octanol–water partition coefficient (Wildman–Crippen LogP) is 1.72. The molecule has 1 heterocycles. The van der Waals surface area contributed by atoms with Crippen LogP contribution in [0, 0.1) is 6.92 Å². The third-order valence-electron chi connectivity index (χ3n) is 2.27. The molecule has 2 rings (SSSR count). The third-order valence-corrected chi connectivity index (χ3v) is 2.27. The minimum absolute atomic E-state index is 0.499. The molecule has 0 fully saturated rings. The highest BCUT2D eigenvalue weighted by atomic mass is 16.5. The number of rotatable bonds is 3. The van der Waals surface area contributed by atoms with Crippen LogP contribution in [0.3, 0.4) is 0 Å². The van der Waals surface area contributed by atoms with E-state index in [4.69, 9.17) is 4.74 Å². The van der Waals surface area contributed by atoms with Gasteiger partial charge >= 0.3 is 0 Å². The number of nitrogens with zero attached hydrogens (tertiary/aromatic N) is 3. The highest BCUT2D eigenvalue weighted by molar-refractivity contribution is 5.32. The Bertz CT molecular complexity index is 436. The van der Waals surface area contributed by atoms with Crippen molar-refractivity contribution in [3.63, 3.8) is 0 Å². The number of hydrogen-bond acceptors (Lipinski definition) is 3. The van der Waals surface area contributed by atoms with E-state index in [-0.39, 0.29) is 0 Å². The van der Waals surface area contributed by atoms with Gasteiger partial charge in [0.2, 0.25) is 0 Å². The molecule has 0 aliphatic heterocycles. The molecule has 0 aliphatic carbocycles. The molecule has 0 saturated carbocycles. The Morgan fingerprint density at radius 1 is 1.27 bits per heavy atom. The van der Waals surface area contributed by atoms with Crippen LogP contribution in [-0.2, 0) is 11.3 Å². The molecule has 15 heavy (non-hydrogen) atoms. The lowest BCUT2D eigenvalue weighted by Gasteiger charge is -2.02. The van der Waals surface area contributed by atoms with Crippen molar-refractivity contribution in [1.29, 1.82) is 0 Å². The van der Waals surface area contributed by atoms with Gasteiger partial charge in [-0.3, -0.25) is 0 Å². The van der Waals surface area contributed by atoms with Gasteiger partial charge in [-0.1, -0.05) is 23.4 Å². The summed E-state index contributed by atoms with van der Waals surface area (Å²) in [5.74, 6) is 0. The average Bonchev–Trinajstić information content (AvgIpc) is 2.63. The normalized spacial score (nSPS) is 10.5. The summed E-state index contributed by atoms with van der Waals surface area (Å²) in [6.45, 7) is 2.49. The van der Waals surface area contributed by atoms with Crippen LogP contribution in [0.5, 0.6) is 0 Å². The SMILES string of the molecule is COCc1nnn(-c2ccccc2)c1C. The molecule has 1 aromatic carbocycles. The molecule has 0 amide bonds. The molecular weight excluding hydrogens is 190 g/mol. The summed E-state index contributed by atoms with van der Waals surface area (Å²) >= 11 is 0. The van der Waals surface area contributed by atoms with E-state index < -0.39 is 0 Å². The van der Waals surface area contributed by atoms with Gasteiger partial charge in [-0.25, -0.2) is 4.68 Å². The smallest absolute Gasteiger partial charge is 0.112 e. The molecule has 0 N–H and O–H groups in total. The molecule has 0 saturated heterocycles. The Kier molecular flexibility index (Phi) is 2.78. The van der Waals surface area contributed by atoms with Crippen molar-refractivity contribution in [3.8, 4) is 5.69 Å². The van der Waals surface area contributed by atoms with Gasteiger partial charge in [-0.05, 0) is 19.1 Å². The molecule has 1 aromatic heterocycles. The van der Waals surface area contributed by atoms with Crippen molar-refractivity contribution in [2.24, 2.45) is 0 Å². The minimum Gasteiger partial charge on any atom is -0.378 e. The lowest BCUT2D eigenvalue weighted by atomic mass is 10.3. The van der Waals surface area contributed by atoms with Crippen molar-refractivity contribution in [2.45, 2.75) is 13.5 Å². The van der Waals surface area contributed by atoms with E-state index in [1.165, 1.54) is 0 Å². The van der Waals surface area contributed by atoms with Crippen LogP contribution in [0.4, 0.5) is 0 Å². The summed E-state index contributed by atoms with van der Waals surface area (Å²) in [6, 6.07) is 9.93. The largest absolute Gasteiger partial charge is 0.378 e. The first-order chi connectivity index (χ1) is 7.33. The van der Waals surface area contributed by atoms with Gasteiger partial charge in [0, 0.05) is 7.11 Å². The zero-order chi connectivity index (χ0) is 10.7. The van der Waals surface area contributed by atoms with Crippen LogP contribution in [0.15, 0.2) is 30.3 Å². The number of ether oxygens (including phenoxy) is 1. The zero-order valence-electron chi connectivity index (χ0n) is 8.84. The van der Waals surface area contributed by atoms with E-state index >= 15 is 0 Å². The number of methoxy groups -OCH3 is 1. The minimum atomic E-state index is 0.499. The van der Waals surface area contributed by atoms with Crippen molar-refractivity contribution in [2.75, 3.05) is 7.11 Å². The first-order valence-corrected chi connectivity index (χ1v) is 4.78. The Balaban J connectivity index is 2.38. The maximum absolute atomic E-state index is 5.04. The van der Waals surface area contributed by atoms with E-state index in [1.807, 2.05) is 41.9 Å². The van der Waals surface area contributed by atoms with E-state index in [9.17, 15) is 0 Å². The van der Waals surface area contributed by atoms with Crippen molar-refractivity contribution >= 4 is 0 Å².